The summed E-state index contributed by atoms with van der Waals surface area (Å²) in [6.45, 7) is 2.78. The minimum Gasteiger partial charge on any atom is -0.486 e. The van der Waals surface area contributed by atoms with Gasteiger partial charge in [0.15, 0.2) is 17.6 Å². The highest BCUT2D eigenvalue weighted by Gasteiger charge is 2.46. The molecule has 0 bridgehead atoms. The maximum Gasteiger partial charge on any atom is 0.412 e. The van der Waals surface area contributed by atoms with E-state index >= 15 is 0 Å². The molecule has 1 N–H and O–H groups in total. The molecule has 2 aliphatic rings. The van der Waals surface area contributed by atoms with E-state index in [4.69, 9.17) is 9.47 Å². The average Bonchev–Trinajstić information content (AvgIpc) is 2.70. The summed E-state index contributed by atoms with van der Waals surface area (Å²) in [5.41, 5.74) is 1.07. The molecule has 158 valence electrons. The van der Waals surface area contributed by atoms with Crippen LogP contribution in [0.4, 0.5) is 24.9 Å². The second-order valence-electron chi connectivity index (χ2n) is 6.89. The summed E-state index contributed by atoms with van der Waals surface area (Å²) in [6.07, 6.45) is 0.661. The van der Waals surface area contributed by atoms with Crippen LogP contribution < -0.4 is 15.0 Å². The molecule has 29 heavy (non-hydrogen) atoms. The molecule has 0 spiro atoms. The van der Waals surface area contributed by atoms with E-state index in [1.807, 2.05) is 25.1 Å². The maximum absolute atomic E-state index is 13.0. The van der Waals surface area contributed by atoms with Gasteiger partial charge in [-0.2, -0.15) is 18.2 Å². The molecule has 0 saturated carbocycles. The molecule has 2 aromatic rings. The van der Waals surface area contributed by atoms with E-state index in [0.29, 0.717) is 6.61 Å². The Balaban J connectivity index is 0.000000290. The van der Waals surface area contributed by atoms with Gasteiger partial charge in [-0.15, -0.1) is 0 Å². The van der Waals surface area contributed by atoms with Crippen molar-refractivity contribution in [1.82, 2.24) is 15.0 Å². The summed E-state index contributed by atoms with van der Waals surface area (Å²) in [5.74, 6) is 0.684. The van der Waals surface area contributed by atoms with Crippen molar-refractivity contribution in [3.63, 3.8) is 0 Å². The van der Waals surface area contributed by atoms with Gasteiger partial charge in [0.2, 0.25) is 5.95 Å². The van der Waals surface area contributed by atoms with Gasteiger partial charge in [0, 0.05) is 25.5 Å². The first kappa shape index (κ1) is 21.1. The monoisotopic (exact) mass is 411 g/mol. The first-order chi connectivity index (χ1) is 13.8. The van der Waals surface area contributed by atoms with Gasteiger partial charge >= 0.3 is 6.18 Å². The lowest BCUT2D eigenvalue weighted by atomic mass is 10.1. The van der Waals surface area contributed by atoms with Crippen molar-refractivity contribution in [2.24, 2.45) is 0 Å². The third-order valence-corrected chi connectivity index (χ3v) is 4.62. The Morgan fingerprint density at radius 3 is 2.62 bits per heavy atom. The Bertz CT molecular complexity index is 785. The van der Waals surface area contributed by atoms with E-state index in [9.17, 15) is 13.2 Å². The SMILES string of the molecule is CN1c2nc(NC3CCCOC3)ncc2OCC1C(F)(F)F.Cc1ccccn1. The van der Waals surface area contributed by atoms with Crippen LogP contribution in [0, 0.1) is 6.92 Å². The standard InChI is InChI=1S/C13H17F3N4O2.C6H7N/c1-20-10(13(14,15)16)7-22-9-5-17-12(19-11(9)20)18-8-3-2-4-21-6-8;1-6-4-2-3-5-7-6/h5,8,10H,2-4,6-7H2,1H3,(H,17,18,19);2-5H,1H3. The molecule has 1 saturated heterocycles. The third-order valence-electron chi connectivity index (χ3n) is 4.62. The quantitative estimate of drug-likeness (QED) is 0.814. The van der Waals surface area contributed by atoms with Gasteiger partial charge in [-0.25, -0.2) is 4.98 Å². The van der Waals surface area contributed by atoms with Gasteiger partial charge in [0.05, 0.1) is 18.8 Å². The number of nitrogens with one attached hydrogen (secondary N) is 1. The van der Waals surface area contributed by atoms with Crippen molar-refractivity contribution in [1.29, 1.82) is 0 Å². The molecule has 2 atom stereocenters. The second-order valence-corrected chi connectivity index (χ2v) is 6.89. The number of rotatable bonds is 2. The summed E-state index contributed by atoms with van der Waals surface area (Å²) < 4.78 is 49.4. The number of hydrogen-bond donors (Lipinski definition) is 1. The van der Waals surface area contributed by atoms with E-state index in [1.165, 1.54) is 13.2 Å². The molecule has 7 nitrogen and oxygen atoms in total. The van der Waals surface area contributed by atoms with E-state index in [1.54, 1.807) is 6.20 Å². The minimum atomic E-state index is -4.37. The highest BCUT2D eigenvalue weighted by Crippen LogP contribution is 2.36. The molecule has 0 amide bonds. The average molecular weight is 411 g/mol. The Hall–Kier alpha value is -2.62. The van der Waals surface area contributed by atoms with Gasteiger partial charge < -0.3 is 19.7 Å². The van der Waals surface area contributed by atoms with Crippen molar-refractivity contribution < 1.29 is 22.6 Å². The predicted octanol–water partition coefficient (Wildman–Crippen LogP) is 3.22. The predicted molar refractivity (Wildman–Crippen MR) is 102 cm³/mol. The largest absolute Gasteiger partial charge is 0.486 e. The van der Waals surface area contributed by atoms with Crippen LogP contribution in [0.2, 0.25) is 0 Å². The Morgan fingerprint density at radius 1 is 1.21 bits per heavy atom. The molecular formula is C19H24F3N5O2. The van der Waals surface area contributed by atoms with Crippen LogP contribution in [-0.2, 0) is 4.74 Å². The lowest BCUT2D eigenvalue weighted by molar-refractivity contribution is -0.155. The zero-order chi connectivity index (χ0) is 20.9. The fraction of sp³-hybridized carbons (Fsp3) is 0.526. The zero-order valence-electron chi connectivity index (χ0n) is 16.3. The van der Waals surface area contributed by atoms with Gasteiger partial charge in [-0.3, -0.25) is 4.98 Å². The number of aromatic nitrogens is 3. The van der Waals surface area contributed by atoms with Gasteiger partial charge in [-0.1, -0.05) is 6.07 Å². The lowest BCUT2D eigenvalue weighted by Gasteiger charge is -2.35. The van der Waals surface area contributed by atoms with Gasteiger partial charge in [0.1, 0.15) is 6.61 Å². The molecular weight excluding hydrogens is 387 g/mol. The highest BCUT2D eigenvalue weighted by molar-refractivity contribution is 5.56. The first-order valence-corrected chi connectivity index (χ1v) is 9.36. The molecule has 0 aromatic carbocycles. The topological polar surface area (TPSA) is 72.4 Å². The molecule has 4 rings (SSSR count). The molecule has 0 radical (unpaired) electrons. The van der Waals surface area contributed by atoms with Crippen molar-refractivity contribution in [3.8, 4) is 5.75 Å². The first-order valence-electron chi connectivity index (χ1n) is 9.36. The van der Waals surface area contributed by atoms with Crippen molar-refractivity contribution >= 4 is 11.8 Å². The van der Waals surface area contributed by atoms with Crippen LogP contribution in [0.15, 0.2) is 30.6 Å². The van der Waals surface area contributed by atoms with Gasteiger partial charge in [-0.05, 0) is 31.9 Å². The number of fused-ring (bicyclic) bond motifs is 1. The number of pyridine rings is 1. The number of nitrogens with zero attached hydrogens (tertiary/aromatic N) is 4. The Morgan fingerprint density at radius 2 is 2.03 bits per heavy atom. The smallest absolute Gasteiger partial charge is 0.412 e. The number of hydrogen-bond acceptors (Lipinski definition) is 7. The highest BCUT2D eigenvalue weighted by atomic mass is 19.4. The van der Waals surface area contributed by atoms with Crippen LogP contribution in [0.5, 0.6) is 5.75 Å². The van der Waals surface area contributed by atoms with Crippen molar-refractivity contribution in [2.75, 3.05) is 37.1 Å². The summed E-state index contributed by atoms with van der Waals surface area (Å²) in [5, 5.41) is 3.09. The number of likely N-dealkylation sites (N-methyl/N-ethyl adjacent to an activating group) is 1. The summed E-state index contributed by atoms with van der Waals surface area (Å²) in [6, 6.07) is 4.22. The number of ether oxygens (including phenoxy) is 2. The Kier molecular flexibility index (Phi) is 6.73. The molecule has 2 unspecified atom stereocenters. The number of alkyl halides is 3. The van der Waals surface area contributed by atoms with E-state index in [2.05, 4.69) is 20.3 Å². The van der Waals surface area contributed by atoms with E-state index < -0.39 is 18.8 Å². The van der Waals surface area contributed by atoms with Crippen LogP contribution in [0.25, 0.3) is 0 Å². The second kappa shape index (κ2) is 9.25. The van der Waals surface area contributed by atoms with Crippen LogP contribution >= 0.6 is 0 Å². The Labute approximate surface area is 167 Å². The van der Waals surface area contributed by atoms with Crippen molar-refractivity contribution in [3.05, 3.63) is 36.3 Å². The molecule has 2 aromatic heterocycles. The van der Waals surface area contributed by atoms with E-state index in [-0.39, 0.29) is 23.6 Å². The fourth-order valence-corrected chi connectivity index (χ4v) is 3.01. The van der Waals surface area contributed by atoms with Crippen LogP contribution in [-0.4, -0.2) is 60.1 Å². The number of halogens is 3. The molecule has 10 heteroatoms. The summed E-state index contributed by atoms with van der Waals surface area (Å²) >= 11 is 0. The molecule has 0 aliphatic carbocycles. The molecule has 2 aliphatic heterocycles. The minimum absolute atomic E-state index is 0.0695. The van der Waals surface area contributed by atoms with Crippen LogP contribution in [0.1, 0.15) is 18.5 Å². The van der Waals surface area contributed by atoms with Crippen molar-refractivity contribution in [2.45, 2.75) is 38.0 Å². The molecule has 1 fully saturated rings. The van der Waals surface area contributed by atoms with E-state index in [0.717, 1.165) is 30.0 Å². The van der Waals surface area contributed by atoms with Crippen LogP contribution in [0.3, 0.4) is 0 Å². The number of aryl methyl sites for hydroxylation is 1. The zero-order valence-corrected chi connectivity index (χ0v) is 16.3. The fourth-order valence-electron chi connectivity index (χ4n) is 3.01. The normalized spacial score (nSPS) is 21.3. The summed E-state index contributed by atoms with van der Waals surface area (Å²) in [7, 11) is 1.36. The lowest BCUT2D eigenvalue weighted by Crippen LogP contribution is -2.50. The number of anilines is 2. The maximum atomic E-state index is 13.0. The van der Waals surface area contributed by atoms with Gasteiger partial charge in [0.25, 0.3) is 0 Å². The summed E-state index contributed by atoms with van der Waals surface area (Å²) in [4.78, 5) is 13.3. The molecule has 4 heterocycles. The third kappa shape index (κ3) is 5.69.